The number of amides is 1. The maximum Gasteiger partial charge on any atom is 0.407 e. The van der Waals surface area contributed by atoms with E-state index < -0.39 is 40.9 Å². The lowest BCUT2D eigenvalue weighted by atomic mass is 10.0. The zero-order valence-electron chi connectivity index (χ0n) is 22.0. The smallest absolute Gasteiger partial charge is 0.407 e. The molecule has 13 heteroatoms. The third kappa shape index (κ3) is 7.16. The number of aromatic nitrogens is 2. The molecule has 0 bridgehead atoms. The van der Waals surface area contributed by atoms with E-state index in [0.29, 0.717) is 18.4 Å². The molecule has 0 radical (unpaired) electrons. The van der Waals surface area contributed by atoms with Crippen molar-refractivity contribution in [3.63, 3.8) is 0 Å². The van der Waals surface area contributed by atoms with E-state index in [-0.39, 0.29) is 37.4 Å². The van der Waals surface area contributed by atoms with Crippen LogP contribution in [0.5, 0.6) is 0 Å². The van der Waals surface area contributed by atoms with Crippen molar-refractivity contribution < 1.29 is 37.4 Å². The van der Waals surface area contributed by atoms with Crippen LogP contribution in [0.2, 0.25) is 0 Å². The van der Waals surface area contributed by atoms with Crippen molar-refractivity contribution in [2.45, 2.75) is 61.4 Å². The molecular weight excluding hydrogens is 540 g/mol. The summed E-state index contributed by atoms with van der Waals surface area (Å²) in [5, 5.41) is 21.6. The van der Waals surface area contributed by atoms with E-state index in [1.54, 1.807) is 12.3 Å². The number of ether oxygens (including phenoxy) is 3. The molecule has 2 aromatic carbocycles. The van der Waals surface area contributed by atoms with E-state index in [0.717, 1.165) is 28.3 Å². The fraction of sp³-hybridized carbons (Fsp3) is 0.481. The average molecular weight is 575 g/mol. The van der Waals surface area contributed by atoms with E-state index in [9.17, 15) is 18.3 Å². The Labute approximate surface area is 232 Å². The number of sulfonamides is 1. The van der Waals surface area contributed by atoms with Gasteiger partial charge >= 0.3 is 6.09 Å². The summed E-state index contributed by atoms with van der Waals surface area (Å²) in [7, 11) is -4.18. The van der Waals surface area contributed by atoms with Crippen LogP contribution < -0.4 is 5.32 Å². The highest BCUT2D eigenvalue weighted by Gasteiger charge is 2.35. The Balaban J connectivity index is 1.37. The third-order valence-corrected chi connectivity index (χ3v) is 8.62. The minimum atomic E-state index is -4.18. The van der Waals surface area contributed by atoms with Gasteiger partial charge in [-0.25, -0.2) is 13.2 Å². The van der Waals surface area contributed by atoms with Gasteiger partial charge in [-0.1, -0.05) is 47.6 Å². The topological polar surface area (TPSA) is 152 Å². The molecule has 12 nitrogen and oxygen atoms in total. The van der Waals surface area contributed by atoms with Crippen molar-refractivity contribution in [3.8, 4) is 0 Å². The summed E-state index contributed by atoms with van der Waals surface area (Å²) in [6, 6.07) is 13.0. The second-order valence-electron chi connectivity index (χ2n) is 10.0. The van der Waals surface area contributed by atoms with E-state index in [4.69, 9.17) is 19.0 Å². The number of benzene rings is 2. The summed E-state index contributed by atoms with van der Waals surface area (Å²) in [6.45, 7) is 0.116. The molecular formula is C27H34N4O8S. The van der Waals surface area contributed by atoms with Crippen LogP contribution in [0.4, 0.5) is 4.79 Å². The fourth-order valence-electron chi connectivity index (χ4n) is 4.85. The largest absolute Gasteiger partial charge is 0.441 e. The quantitative estimate of drug-likeness (QED) is 0.293. The Kier molecular flexibility index (Phi) is 9.29. The van der Waals surface area contributed by atoms with E-state index in [1.807, 2.05) is 30.3 Å². The Bertz CT molecular complexity index is 1360. The Morgan fingerprint density at radius 2 is 1.88 bits per heavy atom. The molecule has 1 saturated carbocycles. The highest BCUT2D eigenvalue weighted by Crippen LogP contribution is 2.27. The number of aromatic amines is 1. The van der Waals surface area contributed by atoms with Crippen LogP contribution in [0.3, 0.4) is 0 Å². The second-order valence-corrected chi connectivity index (χ2v) is 11.8. The number of fused-ring (bicyclic) bond motifs is 1. The molecule has 2 heterocycles. The number of nitrogens with one attached hydrogen (secondary N) is 2. The number of rotatable bonds is 11. The van der Waals surface area contributed by atoms with Crippen LogP contribution in [0.25, 0.3) is 10.9 Å². The van der Waals surface area contributed by atoms with E-state index in [1.165, 1.54) is 12.1 Å². The van der Waals surface area contributed by atoms with Gasteiger partial charge in [-0.15, -0.1) is 0 Å². The molecule has 2 aliphatic rings. The van der Waals surface area contributed by atoms with Crippen molar-refractivity contribution in [1.29, 1.82) is 0 Å². The normalized spacial score (nSPS) is 18.6. The molecule has 216 valence electrons. The van der Waals surface area contributed by atoms with Crippen LogP contribution in [0.1, 0.15) is 31.2 Å². The van der Waals surface area contributed by atoms with Gasteiger partial charge in [0.1, 0.15) is 6.79 Å². The summed E-state index contributed by atoms with van der Waals surface area (Å²) in [5.74, 6) is 0. The molecule has 5 rings (SSSR count). The standard InChI is InChI=1S/C27H34N4O8S/c32-26(25(12-19-6-2-1-3-7-19)29-27(33)38-22-16-36-18-37-17-22)15-31(39-21-8-4-5-9-21)40(34,35)23-11-10-20-14-28-30-24(20)13-23/h1-3,6-7,10-11,13-14,21-22,25-26,32H,4-5,8-9,12,15-18H2,(H,28,30)(H,29,33)/t25-,26-/m0/s1. The molecule has 1 aliphatic carbocycles. The van der Waals surface area contributed by atoms with Gasteiger partial charge in [-0.05, 0) is 43.0 Å². The monoisotopic (exact) mass is 574 g/mol. The lowest BCUT2D eigenvalue weighted by Crippen LogP contribution is -2.52. The van der Waals surface area contributed by atoms with E-state index >= 15 is 0 Å². The number of carbonyl (C=O) groups excluding carboxylic acids is 1. The molecule has 2 atom stereocenters. The number of hydroxylamine groups is 1. The second kappa shape index (κ2) is 13.1. The lowest BCUT2D eigenvalue weighted by Gasteiger charge is -2.31. The Morgan fingerprint density at radius 3 is 2.62 bits per heavy atom. The van der Waals surface area contributed by atoms with Gasteiger partial charge in [-0.2, -0.15) is 5.10 Å². The van der Waals surface area contributed by atoms with Crippen LogP contribution in [-0.4, -0.2) is 85.2 Å². The van der Waals surface area contributed by atoms with Crippen molar-refractivity contribution >= 4 is 27.0 Å². The third-order valence-electron chi connectivity index (χ3n) is 7.00. The first kappa shape index (κ1) is 28.5. The van der Waals surface area contributed by atoms with Gasteiger partial charge in [0.25, 0.3) is 10.0 Å². The SMILES string of the molecule is O=C(N[C@@H](Cc1ccccc1)[C@@H](O)CN(OC1CCCC1)S(=O)(=O)c1ccc2cn[nH]c2c1)OC1COCOC1. The predicted octanol–water partition coefficient (Wildman–Crippen LogP) is 2.50. The highest BCUT2D eigenvalue weighted by molar-refractivity contribution is 7.89. The summed E-state index contributed by atoms with van der Waals surface area (Å²) >= 11 is 0. The average Bonchev–Trinajstić information content (AvgIpc) is 3.65. The van der Waals surface area contributed by atoms with Crippen molar-refractivity contribution in [2.24, 2.45) is 0 Å². The van der Waals surface area contributed by atoms with Crippen LogP contribution in [0, 0.1) is 0 Å². The van der Waals surface area contributed by atoms with Gasteiger partial charge in [0.05, 0.1) is 54.6 Å². The molecule has 0 spiro atoms. The van der Waals surface area contributed by atoms with Gasteiger partial charge in [0.2, 0.25) is 0 Å². The molecule has 40 heavy (non-hydrogen) atoms. The van der Waals surface area contributed by atoms with Gasteiger partial charge < -0.3 is 24.6 Å². The molecule has 1 aliphatic heterocycles. The Hall–Kier alpha value is -3.07. The highest BCUT2D eigenvalue weighted by atomic mass is 32.2. The molecule has 1 saturated heterocycles. The number of H-pyrrole nitrogens is 1. The van der Waals surface area contributed by atoms with E-state index in [2.05, 4.69) is 15.5 Å². The summed E-state index contributed by atoms with van der Waals surface area (Å²) < 4.78 is 44.2. The summed E-state index contributed by atoms with van der Waals surface area (Å²) in [6.07, 6.45) is 2.13. The van der Waals surface area contributed by atoms with Gasteiger partial charge in [-0.3, -0.25) is 9.94 Å². The number of hydrogen-bond acceptors (Lipinski definition) is 9. The molecule has 2 fully saturated rings. The van der Waals surface area contributed by atoms with Crippen molar-refractivity contribution in [2.75, 3.05) is 26.6 Å². The summed E-state index contributed by atoms with van der Waals surface area (Å²) in [4.78, 5) is 18.8. The molecule has 1 aromatic heterocycles. The molecule has 1 amide bonds. The lowest BCUT2D eigenvalue weighted by molar-refractivity contribution is -0.153. The summed E-state index contributed by atoms with van der Waals surface area (Å²) in [5.41, 5.74) is 1.40. The molecule has 3 N–H and O–H groups in total. The zero-order valence-corrected chi connectivity index (χ0v) is 22.8. The van der Waals surface area contributed by atoms with Gasteiger partial charge in [0, 0.05) is 5.39 Å². The fourth-order valence-corrected chi connectivity index (χ4v) is 6.18. The number of hydrogen-bond donors (Lipinski definition) is 3. The maximum absolute atomic E-state index is 13.8. The first-order valence-electron chi connectivity index (χ1n) is 13.4. The zero-order chi connectivity index (χ0) is 28.0. The molecule has 0 unspecified atom stereocenters. The predicted molar refractivity (Wildman–Crippen MR) is 143 cm³/mol. The van der Waals surface area contributed by atoms with Gasteiger partial charge in [0.15, 0.2) is 6.10 Å². The first-order chi connectivity index (χ1) is 19.4. The van der Waals surface area contributed by atoms with Crippen LogP contribution >= 0.6 is 0 Å². The number of alkyl carbamates (subject to hydrolysis) is 1. The minimum Gasteiger partial charge on any atom is -0.441 e. The van der Waals surface area contributed by atoms with Crippen LogP contribution in [-0.2, 0) is 35.5 Å². The molecule has 3 aromatic rings. The van der Waals surface area contributed by atoms with Crippen LogP contribution in [0.15, 0.2) is 59.6 Å². The number of aliphatic hydroxyl groups excluding tert-OH is 1. The van der Waals surface area contributed by atoms with Crippen molar-refractivity contribution in [1.82, 2.24) is 20.0 Å². The number of aliphatic hydroxyl groups is 1. The minimum absolute atomic E-state index is 0.00118. The van der Waals surface area contributed by atoms with Crippen molar-refractivity contribution in [3.05, 3.63) is 60.3 Å². The Morgan fingerprint density at radius 1 is 1.12 bits per heavy atom. The first-order valence-corrected chi connectivity index (χ1v) is 14.8. The number of carbonyl (C=O) groups is 1. The number of nitrogens with zero attached hydrogens (tertiary/aromatic N) is 2. The maximum atomic E-state index is 13.8.